The number of sulfonamides is 1. The first-order chi connectivity index (χ1) is 8.04. The molecular weight excluding hydrogens is 240 g/mol. The number of rotatable bonds is 4. The molecule has 96 valence electrons. The van der Waals surface area contributed by atoms with Crippen molar-refractivity contribution >= 4 is 10.0 Å². The van der Waals surface area contributed by atoms with E-state index >= 15 is 0 Å². The van der Waals surface area contributed by atoms with E-state index in [2.05, 4.69) is 5.16 Å². The van der Waals surface area contributed by atoms with Gasteiger partial charge in [-0.25, -0.2) is 8.42 Å². The summed E-state index contributed by atoms with van der Waals surface area (Å²) in [6.45, 7) is 4.31. The van der Waals surface area contributed by atoms with Crippen molar-refractivity contribution in [2.75, 3.05) is 12.3 Å². The van der Waals surface area contributed by atoms with Gasteiger partial charge in [-0.05, 0) is 26.2 Å². The highest BCUT2D eigenvalue weighted by molar-refractivity contribution is 7.89. The predicted molar refractivity (Wildman–Crippen MR) is 64.0 cm³/mol. The lowest BCUT2D eigenvalue weighted by Gasteiger charge is -2.21. The van der Waals surface area contributed by atoms with Crippen molar-refractivity contribution in [1.82, 2.24) is 9.46 Å². The summed E-state index contributed by atoms with van der Waals surface area (Å²) in [5.74, 6) is 0.871. The molecule has 1 atom stereocenters. The van der Waals surface area contributed by atoms with Gasteiger partial charge < -0.3 is 4.52 Å². The Morgan fingerprint density at radius 3 is 2.94 bits per heavy atom. The highest BCUT2D eigenvalue weighted by Gasteiger charge is 2.36. The third-order valence-corrected chi connectivity index (χ3v) is 5.07. The minimum Gasteiger partial charge on any atom is -0.359 e. The third-order valence-electron chi connectivity index (χ3n) is 3.00. The van der Waals surface area contributed by atoms with Crippen LogP contribution in [0.3, 0.4) is 0 Å². The van der Waals surface area contributed by atoms with Crippen LogP contribution in [0.1, 0.15) is 43.7 Å². The van der Waals surface area contributed by atoms with Crippen molar-refractivity contribution in [2.24, 2.45) is 0 Å². The van der Waals surface area contributed by atoms with Crippen LogP contribution < -0.4 is 0 Å². The van der Waals surface area contributed by atoms with E-state index in [1.807, 2.05) is 19.9 Å². The van der Waals surface area contributed by atoms with Gasteiger partial charge in [-0.3, -0.25) is 0 Å². The molecule has 1 aliphatic rings. The Labute approximate surface area is 102 Å². The smallest absolute Gasteiger partial charge is 0.214 e. The summed E-state index contributed by atoms with van der Waals surface area (Å²) in [4.78, 5) is 0. The second kappa shape index (κ2) is 4.78. The van der Waals surface area contributed by atoms with Crippen LogP contribution in [0.2, 0.25) is 0 Å². The number of hydrogen-bond donors (Lipinski definition) is 0. The average molecular weight is 258 g/mol. The highest BCUT2D eigenvalue weighted by atomic mass is 32.2. The molecule has 1 aromatic rings. The molecule has 1 aromatic heterocycles. The maximum Gasteiger partial charge on any atom is 0.214 e. The van der Waals surface area contributed by atoms with Gasteiger partial charge in [0.2, 0.25) is 10.0 Å². The third kappa shape index (κ3) is 2.52. The van der Waals surface area contributed by atoms with Gasteiger partial charge in [0.05, 0.1) is 17.5 Å². The molecular formula is C11H18N2O3S. The van der Waals surface area contributed by atoms with E-state index in [0.717, 1.165) is 18.5 Å². The van der Waals surface area contributed by atoms with Crippen molar-refractivity contribution in [2.45, 2.75) is 39.2 Å². The van der Waals surface area contributed by atoms with Crippen LogP contribution in [0.15, 0.2) is 10.6 Å². The molecule has 0 radical (unpaired) electrons. The Hall–Kier alpha value is -0.880. The normalized spacial score (nSPS) is 22.1. The summed E-state index contributed by atoms with van der Waals surface area (Å²) < 4.78 is 30.9. The predicted octanol–water partition coefficient (Wildman–Crippen LogP) is 1.86. The van der Waals surface area contributed by atoms with Gasteiger partial charge in [0.15, 0.2) is 5.76 Å². The van der Waals surface area contributed by atoms with E-state index in [4.69, 9.17) is 4.52 Å². The molecule has 0 saturated carbocycles. The number of hydrogen-bond acceptors (Lipinski definition) is 4. The molecule has 1 fully saturated rings. The largest absolute Gasteiger partial charge is 0.359 e. The van der Waals surface area contributed by atoms with Crippen LogP contribution in [0.4, 0.5) is 0 Å². The lowest BCUT2D eigenvalue weighted by Crippen LogP contribution is -2.32. The first-order valence-corrected chi connectivity index (χ1v) is 7.58. The average Bonchev–Trinajstić information content (AvgIpc) is 2.84. The van der Waals surface area contributed by atoms with Crippen molar-refractivity contribution in [3.63, 3.8) is 0 Å². The van der Waals surface area contributed by atoms with Crippen molar-refractivity contribution in [3.8, 4) is 0 Å². The second-order valence-electron chi connectivity index (χ2n) is 4.46. The van der Waals surface area contributed by atoms with E-state index in [-0.39, 0.29) is 11.8 Å². The maximum atomic E-state index is 12.1. The quantitative estimate of drug-likeness (QED) is 0.827. The molecule has 0 amide bonds. The van der Waals surface area contributed by atoms with Crippen LogP contribution in [-0.4, -0.2) is 30.2 Å². The number of nitrogens with zero attached hydrogens (tertiary/aromatic N) is 2. The minimum absolute atomic E-state index is 0.159. The summed E-state index contributed by atoms with van der Waals surface area (Å²) >= 11 is 0. The van der Waals surface area contributed by atoms with Gasteiger partial charge in [0, 0.05) is 12.6 Å². The van der Waals surface area contributed by atoms with Gasteiger partial charge in [-0.1, -0.05) is 12.1 Å². The molecule has 2 rings (SSSR count). The first-order valence-electron chi connectivity index (χ1n) is 5.97. The van der Waals surface area contributed by atoms with E-state index in [1.165, 1.54) is 0 Å². The molecule has 0 bridgehead atoms. The molecule has 6 heteroatoms. The number of aryl methyl sites for hydroxylation is 1. The Kier molecular flexibility index (Phi) is 3.53. The number of aromatic nitrogens is 1. The molecule has 1 aliphatic heterocycles. The molecule has 17 heavy (non-hydrogen) atoms. The SMILES string of the molecule is CCCS(=O)(=O)N1CCC[C@H]1c1cc(C)no1. The molecule has 5 nitrogen and oxygen atoms in total. The zero-order chi connectivity index (χ0) is 12.5. The summed E-state index contributed by atoms with van der Waals surface area (Å²) in [6, 6.07) is 1.66. The molecule has 1 saturated heterocycles. The standard InChI is InChI=1S/C11H18N2O3S/c1-3-7-17(14,15)13-6-4-5-10(13)11-8-9(2)12-16-11/h8,10H,3-7H2,1-2H3/t10-/m0/s1. The molecule has 2 heterocycles. The van der Waals surface area contributed by atoms with Crippen LogP contribution in [0.25, 0.3) is 0 Å². The van der Waals surface area contributed by atoms with Crippen molar-refractivity contribution in [1.29, 1.82) is 0 Å². The fraction of sp³-hybridized carbons (Fsp3) is 0.727. The zero-order valence-corrected chi connectivity index (χ0v) is 11.0. The van der Waals surface area contributed by atoms with Crippen molar-refractivity contribution in [3.05, 3.63) is 17.5 Å². The Bertz CT molecular complexity index is 481. The van der Waals surface area contributed by atoms with Gasteiger partial charge >= 0.3 is 0 Å². The zero-order valence-electron chi connectivity index (χ0n) is 10.2. The fourth-order valence-corrected chi connectivity index (χ4v) is 4.03. The fourth-order valence-electron chi connectivity index (χ4n) is 2.27. The highest BCUT2D eigenvalue weighted by Crippen LogP contribution is 2.34. The van der Waals surface area contributed by atoms with Crippen LogP contribution in [0.5, 0.6) is 0 Å². The van der Waals surface area contributed by atoms with Crippen LogP contribution in [-0.2, 0) is 10.0 Å². The maximum absolute atomic E-state index is 12.1. The molecule has 0 aliphatic carbocycles. The van der Waals surface area contributed by atoms with Gasteiger partial charge in [0.25, 0.3) is 0 Å². The van der Waals surface area contributed by atoms with E-state index in [1.54, 1.807) is 4.31 Å². The Morgan fingerprint density at radius 1 is 1.59 bits per heavy atom. The summed E-state index contributed by atoms with van der Waals surface area (Å²) in [7, 11) is -3.15. The van der Waals surface area contributed by atoms with E-state index in [0.29, 0.717) is 18.7 Å². The summed E-state index contributed by atoms with van der Waals surface area (Å²) in [5.41, 5.74) is 0.791. The molecule has 0 aromatic carbocycles. The van der Waals surface area contributed by atoms with Crippen LogP contribution in [0, 0.1) is 6.92 Å². The molecule has 0 unspecified atom stereocenters. The topological polar surface area (TPSA) is 63.4 Å². The summed E-state index contributed by atoms with van der Waals surface area (Å²) in [6.07, 6.45) is 2.34. The van der Waals surface area contributed by atoms with Crippen molar-refractivity contribution < 1.29 is 12.9 Å². The minimum atomic E-state index is -3.15. The van der Waals surface area contributed by atoms with E-state index < -0.39 is 10.0 Å². The second-order valence-corrected chi connectivity index (χ2v) is 6.50. The Balaban J connectivity index is 2.24. The lowest BCUT2D eigenvalue weighted by molar-refractivity contribution is 0.297. The van der Waals surface area contributed by atoms with Gasteiger partial charge in [0.1, 0.15) is 0 Å². The van der Waals surface area contributed by atoms with Gasteiger partial charge in [-0.2, -0.15) is 4.31 Å². The summed E-state index contributed by atoms with van der Waals surface area (Å²) in [5, 5.41) is 3.83. The lowest BCUT2D eigenvalue weighted by atomic mass is 10.2. The first kappa shape index (κ1) is 12.6. The van der Waals surface area contributed by atoms with Crippen LogP contribution >= 0.6 is 0 Å². The molecule has 0 spiro atoms. The van der Waals surface area contributed by atoms with E-state index in [9.17, 15) is 8.42 Å². The Morgan fingerprint density at radius 2 is 2.35 bits per heavy atom. The van der Waals surface area contributed by atoms with Gasteiger partial charge in [-0.15, -0.1) is 0 Å². The monoisotopic (exact) mass is 258 g/mol. The molecule has 0 N–H and O–H groups in total.